The van der Waals surface area contributed by atoms with Crippen molar-refractivity contribution >= 4 is 44.8 Å². The van der Waals surface area contributed by atoms with Crippen molar-refractivity contribution in [3.63, 3.8) is 0 Å². The summed E-state index contributed by atoms with van der Waals surface area (Å²) in [5, 5.41) is 3.05. The highest BCUT2D eigenvalue weighted by Gasteiger charge is 2.11. The molecule has 0 unspecified atom stereocenters. The number of rotatable bonds is 2. The molecule has 0 radical (unpaired) electrons. The van der Waals surface area contributed by atoms with Crippen molar-refractivity contribution in [2.75, 3.05) is 11.1 Å². The molecule has 1 aromatic heterocycles. The van der Waals surface area contributed by atoms with E-state index in [9.17, 15) is 4.79 Å². The number of nitrogen functional groups attached to an aromatic ring is 1. The van der Waals surface area contributed by atoms with Gasteiger partial charge in [-0.05, 0) is 40.2 Å². The number of aromatic nitrogens is 1. The van der Waals surface area contributed by atoms with Gasteiger partial charge in [0.05, 0.1) is 16.3 Å². The van der Waals surface area contributed by atoms with Crippen LogP contribution in [0.3, 0.4) is 0 Å². The van der Waals surface area contributed by atoms with Crippen LogP contribution in [0, 0.1) is 0 Å². The monoisotopic (exact) mass is 325 g/mol. The van der Waals surface area contributed by atoms with Crippen LogP contribution in [0.5, 0.6) is 0 Å². The average molecular weight is 327 g/mol. The van der Waals surface area contributed by atoms with Gasteiger partial charge in [-0.3, -0.25) is 9.78 Å². The van der Waals surface area contributed by atoms with Crippen LogP contribution in [0.1, 0.15) is 10.4 Å². The molecule has 3 N–H and O–H groups in total. The second-order valence-electron chi connectivity index (χ2n) is 3.55. The Balaban J connectivity index is 2.24. The maximum atomic E-state index is 12.0. The summed E-state index contributed by atoms with van der Waals surface area (Å²) in [5.41, 5.74) is 7.23. The zero-order chi connectivity index (χ0) is 13.1. The SMILES string of the molecule is Nc1ccc(NC(=O)c2ccncc2Cl)c(Br)c1. The Morgan fingerprint density at radius 2 is 2.17 bits per heavy atom. The highest BCUT2D eigenvalue weighted by Crippen LogP contribution is 2.25. The van der Waals surface area contributed by atoms with Crippen LogP contribution in [0.15, 0.2) is 41.1 Å². The molecule has 1 amide bonds. The number of hydrogen-bond acceptors (Lipinski definition) is 3. The van der Waals surface area contributed by atoms with E-state index in [2.05, 4.69) is 26.2 Å². The van der Waals surface area contributed by atoms with Crippen LogP contribution in [-0.4, -0.2) is 10.9 Å². The van der Waals surface area contributed by atoms with E-state index in [0.29, 0.717) is 26.4 Å². The number of halogens is 2. The molecule has 92 valence electrons. The summed E-state index contributed by atoms with van der Waals surface area (Å²) in [6.45, 7) is 0. The fourth-order valence-electron chi connectivity index (χ4n) is 1.38. The number of carbonyl (C=O) groups is 1. The molecule has 0 saturated carbocycles. The summed E-state index contributed by atoms with van der Waals surface area (Å²) in [6.07, 6.45) is 2.94. The smallest absolute Gasteiger partial charge is 0.257 e. The third kappa shape index (κ3) is 2.80. The van der Waals surface area contributed by atoms with Crippen LogP contribution in [-0.2, 0) is 0 Å². The van der Waals surface area contributed by atoms with Gasteiger partial charge in [0.25, 0.3) is 5.91 Å². The van der Waals surface area contributed by atoms with Gasteiger partial charge >= 0.3 is 0 Å². The minimum atomic E-state index is -0.298. The van der Waals surface area contributed by atoms with Gasteiger partial charge in [-0.1, -0.05) is 11.6 Å². The number of anilines is 2. The van der Waals surface area contributed by atoms with Crippen LogP contribution >= 0.6 is 27.5 Å². The predicted octanol–water partition coefficient (Wildman–Crippen LogP) is 3.33. The standard InChI is InChI=1S/C12H9BrClN3O/c13-9-5-7(15)1-2-11(9)17-12(18)8-3-4-16-6-10(8)14/h1-6H,15H2,(H,17,18). The van der Waals surface area contributed by atoms with E-state index >= 15 is 0 Å². The van der Waals surface area contributed by atoms with Crippen molar-refractivity contribution < 1.29 is 4.79 Å². The van der Waals surface area contributed by atoms with Gasteiger partial charge in [-0.15, -0.1) is 0 Å². The zero-order valence-electron chi connectivity index (χ0n) is 9.15. The Morgan fingerprint density at radius 3 is 2.83 bits per heavy atom. The highest BCUT2D eigenvalue weighted by atomic mass is 79.9. The molecule has 0 fully saturated rings. The van der Waals surface area contributed by atoms with Gasteiger partial charge in [0.15, 0.2) is 0 Å². The third-order valence-corrected chi connectivity index (χ3v) is 3.22. The first-order valence-corrected chi connectivity index (χ1v) is 6.21. The lowest BCUT2D eigenvalue weighted by molar-refractivity contribution is 0.102. The normalized spacial score (nSPS) is 10.1. The van der Waals surface area contributed by atoms with Gasteiger partial charge in [-0.2, -0.15) is 0 Å². The first-order valence-electron chi connectivity index (χ1n) is 5.04. The van der Waals surface area contributed by atoms with Gasteiger partial charge in [0, 0.05) is 22.6 Å². The molecule has 4 nitrogen and oxygen atoms in total. The Kier molecular flexibility index (Phi) is 3.84. The molecule has 0 atom stereocenters. The third-order valence-electron chi connectivity index (χ3n) is 2.26. The molecule has 0 saturated heterocycles. The van der Waals surface area contributed by atoms with E-state index in [-0.39, 0.29) is 5.91 Å². The number of carbonyl (C=O) groups excluding carboxylic acids is 1. The number of amides is 1. The predicted molar refractivity (Wildman–Crippen MR) is 75.8 cm³/mol. The van der Waals surface area contributed by atoms with Crippen molar-refractivity contribution in [1.82, 2.24) is 4.98 Å². The molecular formula is C12H9BrClN3O. The summed E-state index contributed by atoms with van der Waals surface area (Å²) < 4.78 is 0.709. The summed E-state index contributed by atoms with van der Waals surface area (Å²) in [6, 6.07) is 6.69. The largest absolute Gasteiger partial charge is 0.399 e. The lowest BCUT2D eigenvalue weighted by Crippen LogP contribution is -2.13. The van der Waals surface area contributed by atoms with Gasteiger partial charge < -0.3 is 11.1 Å². The number of nitrogens with two attached hydrogens (primary N) is 1. The van der Waals surface area contributed by atoms with E-state index in [1.807, 2.05) is 0 Å². The van der Waals surface area contributed by atoms with E-state index in [0.717, 1.165) is 0 Å². The Labute approximate surface area is 117 Å². The molecule has 1 aromatic carbocycles. The summed E-state index contributed by atoms with van der Waals surface area (Å²) >= 11 is 9.22. The van der Waals surface area contributed by atoms with E-state index in [4.69, 9.17) is 17.3 Å². The number of nitrogens with one attached hydrogen (secondary N) is 1. The Bertz CT molecular complexity index is 604. The number of benzene rings is 1. The molecule has 0 aliphatic rings. The van der Waals surface area contributed by atoms with Gasteiger partial charge in [0.2, 0.25) is 0 Å². The summed E-state index contributed by atoms with van der Waals surface area (Å²) in [5.74, 6) is -0.298. The Hall–Kier alpha value is -1.59. The van der Waals surface area contributed by atoms with Crippen LogP contribution in [0.2, 0.25) is 5.02 Å². The number of hydrogen-bond donors (Lipinski definition) is 2. The fraction of sp³-hybridized carbons (Fsp3) is 0. The zero-order valence-corrected chi connectivity index (χ0v) is 11.5. The maximum Gasteiger partial charge on any atom is 0.257 e. The minimum Gasteiger partial charge on any atom is -0.399 e. The lowest BCUT2D eigenvalue weighted by atomic mass is 10.2. The van der Waals surface area contributed by atoms with Crippen molar-refractivity contribution in [2.24, 2.45) is 0 Å². The topological polar surface area (TPSA) is 68.0 Å². The summed E-state index contributed by atoms with van der Waals surface area (Å²) in [7, 11) is 0. The van der Waals surface area contributed by atoms with E-state index in [1.165, 1.54) is 12.4 Å². The highest BCUT2D eigenvalue weighted by molar-refractivity contribution is 9.10. The molecule has 2 aromatic rings. The number of pyridine rings is 1. The molecule has 0 aliphatic heterocycles. The van der Waals surface area contributed by atoms with Crippen molar-refractivity contribution in [2.45, 2.75) is 0 Å². The number of nitrogens with zero attached hydrogens (tertiary/aromatic N) is 1. The van der Waals surface area contributed by atoms with Gasteiger partial charge in [-0.25, -0.2) is 0 Å². The molecule has 18 heavy (non-hydrogen) atoms. The van der Waals surface area contributed by atoms with Gasteiger partial charge in [0.1, 0.15) is 0 Å². The van der Waals surface area contributed by atoms with E-state index in [1.54, 1.807) is 24.3 Å². The molecule has 0 bridgehead atoms. The van der Waals surface area contributed by atoms with Crippen molar-refractivity contribution in [3.8, 4) is 0 Å². The minimum absolute atomic E-state index is 0.298. The molecule has 0 spiro atoms. The first kappa shape index (κ1) is 12.9. The lowest BCUT2D eigenvalue weighted by Gasteiger charge is -2.08. The van der Waals surface area contributed by atoms with Crippen LogP contribution < -0.4 is 11.1 Å². The van der Waals surface area contributed by atoms with Crippen LogP contribution in [0.4, 0.5) is 11.4 Å². The average Bonchev–Trinajstić information content (AvgIpc) is 2.33. The summed E-state index contributed by atoms with van der Waals surface area (Å²) in [4.78, 5) is 15.8. The molecule has 6 heteroatoms. The van der Waals surface area contributed by atoms with Crippen LogP contribution in [0.25, 0.3) is 0 Å². The van der Waals surface area contributed by atoms with Crippen molar-refractivity contribution in [1.29, 1.82) is 0 Å². The maximum absolute atomic E-state index is 12.0. The molecule has 0 aliphatic carbocycles. The van der Waals surface area contributed by atoms with E-state index < -0.39 is 0 Å². The molecule has 1 heterocycles. The second-order valence-corrected chi connectivity index (χ2v) is 4.81. The molecule has 2 rings (SSSR count). The Morgan fingerprint density at radius 1 is 1.39 bits per heavy atom. The van der Waals surface area contributed by atoms with Crippen molar-refractivity contribution in [3.05, 3.63) is 51.7 Å². The molecular weight excluding hydrogens is 318 g/mol. The second kappa shape index (κ2) is 5.37. The first-order chi connectivity index (χ1) is 8.58. The quantitative estimate of drug-likeness (QED) is 0.832. The fourth-order valence-corrected chi connectivity index (χ4v) is 2.08.